The molecule has 8 nitrogen and oxygen atoms in total. The van der Waals surface area contributed by atoms with Crippen molar-refractivity contribution in [3.8, 4) is 0 Å². The van der Waals surface area contributed by atoms with Crippen molar-refractivity contribution in [2.75, 3.05) is 0 Å². The van der Waals surface area contributed by atoms with Crippen molar-refractivity contribution in [1.29, 1.82) is 0 Å². The molecule has 1 rings (SSSR count). The molecule has 0 bridgehead atoms. The van der Waals surface area contributed by atoms with Gasteiger partial charge in [0.25, 0.3) is 5.79 Å². The molecule has 17 heavy (non-hydrogen) atoms. The van der Waals surface area contributed by atoms with E-state index in [0.717, 1.165) is 6.92 Å². The number of esters is 1. The second kappa shape index (κ2) is 5.44. The molecule has 1 aliphatic rings. The molecule has 1 aliphatic carbocycles. The number of rotatable bonds is 1. The quantitative estimate of drug-likeness (QED) is 0.213. The zero-order valence-corrected chi connectivity index (χ0v) is 9.61. The number of aliphatic hydroxyl groups is 6. The Morgan fingerprint density at radius 1 is 1.00 bits per heavy atom. The van der Waals surface area contributed by atoms with Crippen molar-refractivity contribution in [3.05, 3.63) is 0 Å². The van der Waals surface area contributed by atoms with Gasteiger partial charge < -0.3 is 35.4 Å². The van der Waals surface area contributed by atoms with Gasteiger partial charge in [0.05, 0.1) is 0 Å². The van der Waals surface area contributed by atoms with Crippen LogP contribution in [0.15, 0.2) is 0 Å². The van der Waals surface area contributed by atoms with E-state index in [4.69, 9.17) is 0 Å². The van der Waals surface area contributed by atoms with Gasteiger partial charge in [-0.15, -0.1) is 12.4 Å². The van der Waals surface area contributed by atoms with E-state index in [1.165, 1.54) is 0 Å². The number of halogens is 1. The van der Waals surface area contributed by atoms with Crippen LogP contribution < -0.4 is 0 Å². The first-order chi connectivity index (χ1) is 7.21. The minimum absolute atomic E-state index is 0. The van der Waals surface area contributed by atoms with Gasteiger partial charge in [-0.05, 0) is 0 Å². The molecule has 6 N–H and O–H groups in total. The Labute approximate surface area is 102 Å². The molecule has 102 valence electrons. The van der Waals surface area contributed by atoms with Crippen LogP contribution in [0.4, 0.5) is 0 Å². The van der Waals surface area contributed by atoms with E-state index in [0.29, 0.717) is 0 Å². The summed E-state index contributed by atoms with van der Waals surface area (Å²) in [5, 5.41) is 56.2. The van der Waals surface area contributed by atoms with E-state index in [9.17, 15) is 35.4 Å². The molecule has 0 heterocycles. The molecule has 0 aromatic heterocycles. The van der Waals surface area contributed by atoms with Crippen LogP contribution in [-0.4, -0.2) is 72.9 Å². The molecule has 0 spiro atoms. The lowest BCUT2D eigenvalue weighted by atomic mass is 9.82. The van der Waals surface area contributed by atoms with Gasteiger partial charge in [0.2, 0.25) is 0 Å². The van der Waals surface area contributed by atoms with E-state index in [1.807, 2.05) is 0 Å². The maximum atomic E-state index is 10.7. The van der Waals surface area contributed by atoms with E-state index in [-0.39, 0.29) is 12.4 Å². The molecule has 9 heteroatoms. The van der Waals surface area contributed by atoms with Crippen molar-refractivity contribution < 1.29 is 40.2 Å². The minimum Gasteiger partial charge on any atom is -0.427 e. The highest BCUT2D eigenvalue weighted by Gasteiger charge is 2.60. The first-order valence-corrected chi connectivity index (χ1v) is 4.54. The zero-order valence-electron chi connectivity index (χ0n) is 8.79. The first-order valence-electron chi connectivity index (χ1n) is 4.54. The molecule has 1 fully saturated rings. The van der Waals surface area contributed by atoms with E-state index >= 15 is 0 Å². The Hall–Kier alpha value is -0.480. The highest BCUT2D eigenvalue weighted by Crippen LogP contribution is 2.31. The van der Waals surface area contributed by atoms with Crippen LogP contribution in [0.1, 0.15) is 6.92 Å². The largest absolute Gasteiger partial charge is 0.427 e. The van der Waals surface area contributed by atoms with Gasteiger partial charge in [-0.25, -0.2) is 0 Å². The molecule has 0 amide bonds. The Kier molecular flexibility index (Phi) is 5.29. The molecule has 6 atom stereocenters. The average Bonchev–Trinajstić information content (AvgIpc) is 2.21. The normalized spacial score (nSPS) is 45.9. The lowest BCUT2D eigenvalue weighted by Gasteiger charge is -2.46. The molecular formula is C8H15ClO8. The van der Waals surface area contributed by atoms with Gasteiger partial charge in [0.15, 0.2) is 12.2 Å². The second-order valence-corrected chi connectivity index (χ2v) is 3.71. The Morgan fingerprint density at radius 2 is 1.35 bits per heavy atom. The van der Waals surface area contributed by atoms with Gasteiger partial charge in [0.1, 0.15) is 18.3 Å². The predicted octanol–water partition coefficient (Wildman–Crippen LogP) is -3.52. The Bertz CT molecular complexity index is 269. The summed E-state index contributed by atoms with van der Waals surface area (Å²) in [5.74, 6) is -3.89. The molecule has 1 saturated carbocycles. The topological polar surface area (TPSA) is 148 Å². The smallest absolute Gasteiger partial charge is 0.305 e. The van der Waals surface area contributed by atoms with Crippen molar-refractivity contribution in [1.82, 2.24) is 0 Å². The fraction of sp³-hybridized carbons (Fsp3) is 0.875. The third kappa shape index (κ3) is 2.68. The summed E-state index contributed by atoms with van der Waals surface area (Å²) in [5.41, 5.74) is 0. The highest BCUT2D eigenvalue weighted by molar-refractivity contribution is 5.85. The van der Waals surface area contributed by atoms with Crippen LogP contribution in [0.25, 0.3) is 0 Å². The number of hydrogen-bond donors (Lipinski definition) is 6. The summed E-state index contributed by atoms with van der Waals surface area (Å²) in [7, 11) is 0. The van der Waals surface area contributed by atoms with Crippen molar-refractivity contribution in [2.45, 2.75) is 43.2 Å². The highest BCUT2D eigenvalue weighted by atomic mass is 35.5. The summed E-state index contributed by atoms with van der Waals surface area (Å²) in [6, 6.07) is 0. The molecule has 0 aromatic rings. The number of ether oxygens (including phenoxy) is 1. The fourth-order valence-corrected chi connectivity index (χ4v) is 1.59. The zero-order chi connectivity index (χ0) is 12.7. The van der Waals surface area contributed by atoms with Gasteiger partial charge in [0, 0.05) is 6.92 Å². The molecule has 0 radical (unpaired) electrons. The summed E-state index contributed by atoms with van der Waals surface area (Å²) < 4.78 is 4.28. The Balaban J connectivity index is 0.00000256. The third-order valence-electron chi connectivity index (χ3n) is 2.50. The maximum absolute atomic E-state index is 10.7. The second-order valence-electron chi connectivity index (χ2n) is 3.71. The lowest BCUT2D eigenvalue weighted by molar-refractivity contribution is -0.347. The van der Waals surface area contributed by atoms with Crippen molar-refractivity contribution in [2.24, 2.45) is 0 Å². The number of aliphatic hydroxyl groups excluding tert-OH is 5. The summed E-state index contributed by atoms with van der Waals surface area (Å²) in [6.07, 6.45) is -10.0. The number of carbonyl (C=O) groups excluding carboxylic acids is 1. The fourth-order valence-electron chi connectivity index (χ4n) is 1.59. The van der Waals surface area contributed by atoms with Gasteiger partial charge >= 0.3 is 5.97 Å². The monoisotopic (exact) mass is 274 g/mol. The summed E-state index contributed by atoms with van der Waals surface area (Å²) >= 11 is 0. The SMILES string of the molecule is CC(=O)OC1(O)[C@H](O)[C@H](O)C(O)[C@H](O)[C@H]1O.Cl. The minimum atomic E-state index is -2.86. The molecule has 0 saturated heterocycles. The van der Waals surface area contributed by atoms with Crippen LogP contribution in [0.2, 0.25) is 0 Å². The standard InChI is InChI=1S/C8H14O8.ClH/c1-2(9)16-8(15)6(13)4(11)3(10)5(12)7(8)14;/h3-7,10-15H,1H3;1H/t3?,4-,5+,6-,7-,8?;/m1./s1. The van der Waals surface area contributed by atoms with Crippen LogP contribution in [0.3, 0.4) is 0 Å². The van der Waals surface area contributed by atoms with Crippen LogP contribution in [-0.2, 0) is 9.53 Å². The number of hydrogen-bond acceptors (Lipinski definition) is 8. The maximum Gasteiger partial charge on any atom is 0.305 e. The van der Waals surface area contributed by atoms with Crippen molar-refractivity contribution in [3.63, 3.8) is 0 Å². The molecule has 0 aliphatic heterocycles. The van der Waals surface area contributed by atoms with Gasteiger partial charge in [-0.2, -0.15) is 0 Å². The lowest BCUT2D eigenvalue weighted by Crippen LogP contribution is -2.72. The van der Waals surface area contributed by atoms with Gasteiger partial charge in [-0.1, -0.05) is 0 Å². The Morgan fingerprint density at radius 3 is 1.65 bits per heavy atom. The van der Waals surface area contributed by atoms with Crippen LogP contribution in [0.5, 0.6) is 0 Å². The molecular weight excluding hydrogens is 260 g/mol. The first kappa shape index (κ1) is 16.5. The molecule has 2 unspecified atom stereocenters. The van der Waals surface area contributed by atoms with E-state index < -0.39 is 42.3 Å². The van der Waals surface area contributed by atoms with E-state index in [2.05, 4.69) is 4.74 Å². The van der Waals surface area contributed by atoms with Crippen molar-refractivity contribution >= 4 is 18.4 Å². The van der Waals surface area contributed by atoms with Crippen LogP contribution in [0, 0.1) is 0 Å². The predicted molar refractivity (Wildman–Crippen MR) is 54.0 cm³/mol. The summed E-state index contributed by atoms with van der Waals surface area (Å²) in [6.45, 7) is 0.904. The average molecular weight is 275 g/mol. The van der Waals surface area contributed by atoms with Gasteiger partial charge in [-0.3, -0.25) is 4.79 Å². The van der Waals surface area contributed by atoms with Crippen LogP contribution >= 0.6 is 12.4 Å². The summed E-state index contributed by atoms with van der Waals surface area (Å²) in [4.78, 5) is 10.7. The molecule has 0 aromatic carbocycles. The van der Waals surface area contributed by atoms with E-state index in [1.54, 1.807) is 0 Å². The number of carbonyl (C=O) groups is 1. The third-order valence-corrected chi connectivity index (χ3v) is 2.50.